The Morgan fingerprint density at radius 2 is 1.43 bits per heavy atom. The second kappa shape index (κ2) is 13.4. The average molecular weight is 574 g/mol. The molecule has 4 rings (SSSR count). The van der Waals surface area contributed by atoms with E-state index in [0.717, 1.165) is 21.9 Å². The summed E-state index contributed by atoms with van der Waals surface area (Å²) >= 11 is 0. The molecule has 1 saturated heterocycles. The largest absolute Gasteiger partial charge is 0.444 e. The molecule has 1 heterocycles. The predicted molar refractivity (Wildman–Crippen MR) is 164 cm³/mol. The molecule has 3 aromatic carbocycles. The van der Waals surface area contributed by atoms with Gasteiger partial charge in [0.1, 0.15) is 17.7 Å². The summed E-state index contributed by atoms with van der Waals surface area (Å²) in [5.74, 6) is -0.506. The maximum absolute atomic E-state index is 14.4. The van der Waals surface area contributed by atoms with E-state index in [2.05, 4.69) is 0 Å². The number of nitrogens with zero attached hydrogens (tertiary/aromatic N) is 3. The number of likely N-dealkylation sites (N-methyl/N-ethyl adjacent to an activating group) is 2. The second-order valence-electron chi connectivity index (χ2n) is 12.2. The van der Waals surface area contributed by atoms with Gasteiger partial charge in [-0.3, -0.25) is 14.5 Å². The van der Waals surface area contributed by atoms with Crippen LogP contribution >= 0.6 is 0 Å². The van der Waals surface area contributed by atoms with Gasteiger partial charge in [-0.05, 0) is 55.5 Å². The summed E-state index contributed by atoms with van der Waals surface area (Å²) in [4.78, 5) is 46.1. The van der Waals surface area contributed by atoms with Crippen molar-refractivity contribution in [3.8, 4) is 0 Å². The van der Waals surface area contributed by atoms with Crippen molar-refractivity contribution >= 4 is 28.7 Å². The summed E-state index contributed by atoms with van der Waals surface area (Å²) in [5, 5.41) is 12.1. The molecule has 0 radical (unpaired) electrons. The van der Waals surface area contributed by atoms with Gasteiger partial charge in [0.2, 0.25) is 11.8 Å². The fourth-order valence-corrected chi connectivity index (χ4v) is 5.35. The number of fused-ring (bicyclic) bond motifs is 1. The van der Waals surface area contributed by atoms with Crippen molar-refractivity contribution < 1.29 is 24.2 Å². The number of carbonyl (C=O) groups excluding carboxylic acids is 3. The first-order valence-corrected chi connectivity index (χ1v) is 14.6. The van der Waals surface area contributed by atoms with Crippen LogP contribution < -0.4 is 0 Å². The van der Waals surface area contributed by atoms with Crippen molar-refractivity contribution in [3.05, 3.63) is 83.9 Å². The predicted octanol–water partition coefficient (Wildman–Crippen LogP) is 4.67. The van der Waals surface area contributed by atoms with Crippen LogP contribution in [-0.2, 0) is 27.2 Å². The monoisotopic (exact) mass is 573 g/mol. The fourth-order valence-electron chi connectivity index (χ4n) is 5.35. The lowest BCUT2D eigenvalue weighted by Crippen LogP contribution is -2.57. The molecule has 3 aromatic rings. The lowest BCUT2D eigenvalue weighted by molar-refractivity contribution is -0.148. The van der Waals surface area contributed by atoms with Crippen molar-refractivity contribution in [2.24, 2.45) is 0 Å². The number of hydrogen-bond acceptors (Lipinski definition) is 5. The topological polar surface area (TPSA) is 90.4 Å². The SMILES string of the molecule is CN(C(=O)OC(C)(C)C)[C@H](Cc1ccc2ccccc2c1)C(=O)N(C)[C@H](Cc1ccccc1)C(=O)N1CCC(O)CC1. The zero-order chi connectivity index (χ0) is 30.4. The Balaban J connectivity index is 1.66. The Morgan fingerprint density at radius 3 is 2.07 bits per heavy atom. The van der Waals surface area contributed by atoms with E-state index in [-0.39, 0.29) is 18.2 Å². The van der Waals surface area contributed by atoms with Gasteiger partial charge >= 0.3 is 6.09 Å². The number of likely N-dealkylation sites (tertiary alicyclic amines) is 1. The lowest BCUT2D eigenvalue weighted by Gasteiger charge is -2.38. The fraction of sp³-hybridized carbons (Fsp3) is 0.441. The maximum atomic E-state index is 14.4. The van der Waals surface area contributed by atoms with Crippen LogP contribution in [0.5, 0.6) is 0 Å². The maximum Gasteiger partial charge on any atom is 0.410 e. The van der Waals surface area contributed by atoms with E-state index in [1.165, 1.54) is 9.80 Å². The van der Waals surface area contributed by atoms with Gasteiger partial charge in [-0.1, -0.05) is 72.8 Å². The van der Waals surface area contributed by atoms with Gasteiger partial charge in [-0.25, -0.2) is 4.79 Å². The van der Waals surface area contributed by atoms with Gasteiger partial charge in [-0.2, -0.15) is 0 Å². The van der Waals surface area contributed by atoms with Gasteiger partial charge < -0.3 is 19.6 Å². The van der Waals surface area contributed by atoms with Gasteiger partial charge in [0, 0.05) is 40.0 Å². The van der Waals surface area contributed by atoms with Gasteiger partial charge in [0.05, 0.1) is 6.10 Å². The first-order chi connectivity index (χ1) is 19.9. The minimum atomic E-state index is -0.903. The number of piperidine rings is 1. The second-order valence-corrected chi connectivity index (χ2v) is 12.2. The van der Waals surface area contributed by atoms with E-state index in [0.29, 0.717) is 32.4 Å². The van der Waals surface area contributed by atoms with Crippen LogP contribution in [0.2, 0.25) is 0 Å². The number of carbonyl (C=O) groups is 3. The van der Waals surface area contributed by atoms with E-state index in [1.54, 1.807) is 39.8 Å². The van der Waals surface area contributed by atoms with Crippen molar-refractivity contribution in [1.82, 2.24) is 14.7 Å². The lowest BCUT2D eigenvalue weighted by atomic mass is 9.98. The molecule has 3 amide bonds. The smallest absolute Gasteiger partial charge is 0.410 e. The number of ether oxygens (including phenoxy) is 1. The molecule has 1 aliphatic heterocycles. The van der Waals surface area contributed by atoms with Crippen molar-refractivity contribution in [2.45, 2.75) is 70.2 Å². The molecule has 0 bridgehead atoms. The summed E-state index contributed by atoms with van der Waals surface area (Å²) in [6, 6.07) is 21.9. The highest BCUT2D eigenvalue weighted by molar-refractivity contribution is 5.92. The summed E-state index contributed by atoms with van der Waals surface area (Å²) < 4.78 is 5.64. The molecule has 2 atom stereocenters. The van der Waals surface area contributed by atoms with Crippen molar-refractivity contribution in [2.75, 3.05) is 27.2 Å². The van der Waals surface area contributed by atoms with Crippen LogP contribution in [0.3, 0.4) is 0 Å². The van der Waals surface area contributed by atoms with E-state index < -0.39 is 29.9 Å². The number of benzene rings is 3. The first kappa shape index (κ1) is 31.0. The molecule has 1 aliphatic rings. The Labute approximate surface area is 248 Å². The molecule has 1 N–H and O–H groups in total. The zero-order valence-electron chi connectivity index (χ0n) is 25.3. The third-order valence-electron chi connectivity index (χ3n) is 7.83. The number of rotatable bonds is 8. The quantitative estimate of drug-likeness (QED) is 0.423. The minimum Gasteiger partial charge on any atom is -0.444 e. The van der Waals surface area contributed by atoms with E-state index in [1.807, 2.05) is 72.8 Å². The molecule has 0 saturated carbocycles. The van der Waals surface area contributed by atoms with Gasteiger partial charge in [0.15, 0.2) is 0 Å². The molecular weight excluding hydrogens is 530 g/mol. The molecule has 0 aliphatic carbocycles. The summed E-state index contributed by atoms with van der Waals surface area (Å²) in [7, 11) is 3.22. The number of aliphatic hydroxyl groups is 1. The number of hydrogen-bond donors (Lipinski definition) is 1. The van der Waals surface area contributed by atoms with Crippen LogP contribution in [0.15, 0.2) is 72.8 Å². The Hall–Kier alpha value is -3.91. The van der Waals surface area contributed by atoms with E-state index in [4.69, 9.17) is 4.74 Å². The number of aliphatic hydroxyl groups excluding tert-OH is 1. The molecular formula is C34H43N3O5. The molecule has 1 fully saturated rings. The Bertz CT molecular complexity index is 1380. The van der Waals surface area contributed by atoms with Crippen LogP contribution in [-0.4, -0.2) is 88.7 Å². The summed E-state index contributed by atoms with van der Waals surface area (Å²) in [6.07, 6.45) is 0.577. The highest BCUT2D eigenvalue weighted by Crippen LogP contribution is 2.22. The average Bonchev–Trinajstić information content (AvgIpc) is 2.97. The molecule has 0 unspecified atom stereocenters. The van der Waals surface area contributed by atoms with Crippen LogP contribution in [0, 0.1) is 0 Å². The molecule has 0 aromatic heterocycles. The highest BCUT2D eigenvalue weighted by atomic mass is 16.6. The molecule has 224 valence electrons. The van der Waals surface area contributed by atoms with E-state index >= 15 is 0 Å². The third-order valence-corrected chi connectivity index (χ3v) is 7.83. The third kappa shape index (κ3) is 7.88. The normalized spacial score (nSPS) is 15.6. The van der Waals surface area contributed by atoms with Crippen molar-refractivity contribution in [3.63, 3.8) is 0 Å². The molecule has 0 spiro atoms. The Morgan fingerprint density at radius 1 is 0.833 bits per heavy atom. The first-order valence-electron chi connectivity index (χ1n) is 14.6. The van der Waals surface area contributed by atoms with Crippen LogP contribution in [0.1, 0.15) is 44.7 Å². The molecule has 8 nitrogen and oxygen atoms in total. The Kier molecular flexibility index (Phi) is 9.89. The van der Waals surface area contributed by atoms with Crippen LogP contribution in [0.4, 0.5) is 4.79 Å². The number of amides is 3. The van der Waals surface area contributed by atoms with Crippen molar-refractivity contribution in [1.29, 1.82) is 0 Å². The molecule has 42 heavy (non-hydrogen) atoms. The zero-order valence-corrected chi connectivity index (χ0v) is 25.3. The molecule has 8 heteroatoms. The summed E-state index contributed by atoms with van der Waals surface area (Å²) in [6.45, 7) is 6.23. The summed E-state index contributed by atoms with van der Waals surface area (Å²) in [5.41, 5.74) is 1.09. The highest BCUT2D eigenvalue weighted by Gasteiger charge is 2.38. The van der Waals surface area contributed by atoms with E-state index in [9.17, 15) is 19.5 Å². The standard InChI is InChI=1S/C34H43N3O5/c1-34(2,3)42-33(41)36(5)29(23-25-15-16-26-13-9-10-14-27(26)21-25)31(39)35(4)30(22-24-11-7-6-8-12-24)32(40)37-19-17-28(38)18-20-37/h6-16,21,28-30,38H,17-20,22-23H2,1-5H3/t29-,30-/m1/s1. The van der Waals surface area contributed by atoms with Crippen LogP contribution in [0.25, 0.3) is 10.8 Å². The van der Waals surface area contributed by atoms with Gasteiger partial charge in [-0.15, -0.1) is 0 Å². The van der Waals surface area contributed by atoms with Gasteiger partial charge in [0.25, 0.3) is 0 Å². The minimum absolute atomic E-state index is 0.161.